The summed E-state index contributed by atoms with van der Waals surface area (Å²) in [6.45, 7) is 0. The maximum Gasteiger partial charge on any atom is 0.338 e. The number of amides is 4. The van der Waals surface area contributed by atoms with Crippen molar-refractivity contribution < 1.29 is 14.4 Å². The molecular weight excluding hydrogens is 409 g/mol. The molecule has 0 aliphatic rings. The molecule has 3 N–H and O–H groups in total. The van der Waals surface area contributed by atoms with Gasteiger partial charge in [0.1, 0.15) is 0 Å². The zero-order valence-electron chi connectivity index (χ0n) is 12.4. The lowest BCUT2D eigenvalue weighted by atomic mass is 10.2. The van der Waals surface area contributed by atoms with Crippen LogP contribution in [0.5, 0.6) is 0 Å². The first-order valence-corrected chi connectivity index (χ1v) is 7.64. The molecule has 0 heterocycles. The van der Waals surface area contributed by atoms with Crippen LogP contribution in [0.25, 0.3) is 0 Å². The third-order valence-corrected chi connectivity index (χ3v) is 4.14. The fourth-order valence-corrected chi connectivity index (χ4v) is 2.23. The lowest BCUT2D eigenvalue weighted by Gasteiger charge is -2.16. The van der Waals surface area contributed by atoms with Gasteiger partial charge in [0, 0.05) is 11.1 Å². The second-order valence-corrected chi connectivity index (χ2v) is 5.83. The van der Waals surface area contributed by atoms with Crippen LogP contribution < -0.4 is 15.4 Å². The van der Waals surface area contributed by atoms with Crippen molar-refractivity contribution in [2.75, 3.05) is 4.31 Å². The number of urea groups is 1. The number of rotatable bonds is 3. The number of imide groups is 1. The van der Waals surface area contributed by atoms with Crippen LogP contribution in [0.2, 0.25) is 10.0 Å². The van der Waals surface area contributed by atoms with Crippen LogP contribution in [0, 0.1) is 0 Å². The second kappa shape index (κ2) is 8.96. The Kier molecular flexibility index (Phi) is 7.57. The fraction of sp³-hybridized carbons (Fsp3) is 0. The molecule has 0 unspecified atom stereocenters. The van der Waals surface area contributed by atoms with E-state index in [0.717, 1.165) is 4.31 Å². The summed E-state index contributed by atoms with van der Waals surface area (Å²) in [7, 11) is 0. The Balaban J connectivity index is 0.00000312. The molecule has 132 valence electrons. The summed E-state index contributed by atoms with van der Waals surface area (Å²) in [5.41, 5.74) is 5.94. The maximum atomic E-state index is 12.1. The molecule has 6 nitrogen and oxygen atoms in total. The van der Waals surface area contributed by atoms with Gasteiger partial charge in [0.2, 0.25) is 5.91 Å². The molecule has 0 aromatic heterocycles. The Hall–Kier alpha value is -1.93. The Bertz CT molecular complexity index is 815. The summed E-state index contributed by atoms with van der Waals surface area (Å²) in [6, 6.07) is 9.26. The van der Waals surface area contributed by atoms with E-state index >= 15 is 0 Å². The average Bonchev–Trinajstić information content (AvgIpc) is 2.56. The number of thiol groups is 1. The number of halogens is 3. The number of carbonyl (C=O) groups excluding carboxylic acids is 3. The molecule has 0 bridgehead atoms. The molecule has 0 spiro atoms. The van der Waals surface area contributed by atoms with E-state index in [1.807, 2.05) is 0 Å². The number of hydrogen-bond donors (Lipinski definition) is 3. The van der Waals surface area contributed by atoms with Crippen molar-refractivity contribution >= 4 is 72.0 Å². The number of benzene rings is 2. The summed E-state index contributed by atoms with van der Waals surface area (Å²) in [4.78, 5) is 35.1. The molecule has 4 amide bonds. The highest BCUT2D eigenvalue weighted by molar-refractivity contribution is 7.82. The molecule has 0 aliphatic heterocycles. The Labute approximate surface area is 165 Å². The van der Waals surface area contributed by atoms with Crippen LogP contribution >= 0.6 is 48.4 Å². The van der Waals surface area contributed by atoms with Gasteiger partial charge in [-0.2, -0.15) is 0 Å². The molecule has 0 fully saturated rings. The summed E-state index contributed by atoms with van der Waals surface area (Å²) >= 11 is 15.6. The number of carbonyl (C=O) groups is 3. The topological polar surface area (TPSA) is 92.5 Å². The minimum Gasteiger partial charge on any atom is -0.366 e. The first-order valence-electron chi connectivity index (χ1n) is 6.49. The quantitative estimate of drug-likeness (QED) is 0.661. The van der Waals surface area contributed by atoms with E-state index in [2.05, 4.69) is 18.1 Å². The van der Waals surface area contributed by atoms with Gasteiger partial charge >= 0.3 is 6.03 Å². The van der Waals surface area contributed by atoms with Crippen molar-refractivity contribution in [1.29, 1.82) is 0 Å². The first-order chi connectivity index (χ1) is 11.3. The van der Waals surface area contributed by atoms with Gasteiger partial charge < -0.3 is 5.73 Å². The smallest absolute Gasteiger partial charge is 0.338 e. The monoisotopic (exact) mass is 419 g/mol. The average molecular weight is 421 g/mol. The number of hydrogen-bond acceptors (Lipinski definition) is 4. The SMILES string of the molecule is Cl.NC(=O)c1ccc(N(S)C(=O)NC(=O)c2ccc(Cl)c(Cl)c2)cc1. The van der Waals surface area contributed by atoms with Gasteiger partial charge in [-0.05, 0) is 42.5 Å². The number of anilines is 1. The number of nitrogens with zero attached hydrogens (tertiary/aromatic N) is 1. The summed E-state index contributed by atoms with van der Waals surface area (Å²) < 4.78 is 0.917. The lowest BCUT2D eigenvalue weighted by molar-refractivity contribution is 0.0964. The molecule has 0 saturated heterocycles. The Morgan fingerprint density at radius 1 is 0.960 bits per heavy atom. The van der Waals surface area contributed by atoms with E-state index in [0.29, 0.717) is 10.7 Å². The number of nitrogens with two attached hydrogens (primary N) is 1. The molecular formula is C15H12Cl3N3O3S. The van der Waals surface area contributed by atoms with Gasteiger partial charge in [-0.15, -0.1) is 12.4 Å². The van der Waals surface area contributed by atoms with E-state index in [1.54, 1.807) is 0 Å². The van der Waals surface area contributed by atoms with Crippen molar-refractivity contribution in [3.05, 3.63) is 63.6 Å². The highest BCUT2D eigenvalue weighted by atomic mass is 35.5. The molecule has 10 heteroatoms. The van der Waals surface area contributed by atoms with Gasteiger partial charge in [-0.3, -0.25) is 14.9 Å². The van der Waals surface area contributed by atoms with Crippen molar-refractivity contribution in [2.24, 2.45) is 5.73 Å². The van der Waals surface area contributed by atoms with Gasteiger partial charge in [0.15, 0.2) is 0 Å². The van der Waals surface area contributed by atoms with E-state index in [9.17, 15) is 14.4 Å². The van der Waals surface area contributed by atoms with Crippen LogP contribution in [0.4, 0.5) is 10.5 Å². The zero-order chi connectivity index (χ0) is 17.9. The van der Waals surface area contributed by atoms with Crippen molar-refractivity contribution in [3.8, 4) is 0 Å². The summed E-state index contributed by atoms with van der Waals surface area (Å²) in [5.74, 6) is -1.25. The highest BCUT2D eigenvalue weighted by Gasteiger charge is 2.17. The minimum absolute atomic E-state index is 0. The predicted molar refractivity (Wildman–Crippen MR) is 103 cm³/mol. The normalized spacial score (nSPS) is 9.72. The zero-order valence-corrected chi connectivity index (χ0v) is 15.6. The van der Waals surface area contributed by atoms with Crippen LogP contribution in [-0.2, 0) is 0 Å². The van der Waals surface area contributed by atoms with Gasteiger partial charge in [-0.25, -0.2) is 9.10 Å². The van der Waals surface area contributed by atoms with Crippen LogP contribution in [0.3, 0.4) is 0 Å². The lowest BCUT2D eigenvalue weighted by Crippen LogP contribution is -2.38. The molecule has 25 heavy (non-hydrogen) atoms. The predicted octanol–water partition coefficient (Wildman–Crippen LogP) is 3.72. The molecule has 0 radical (unpaired) electrons. The van der Waals surface area contributed by atoms with Crippen LogP contribution in [0.15, 0.2) is 42.5 Å². The Morgan fingerprint density at radius 2 is 1.52 bits per heavy atom. The second-order valence-electron chi connectivity index (χ2n) is 4.61. The highest BCUT2D eigenvalue weighted by Crippen LogP contribution is 2.23. The standard InChI is InChI=1S/C15H11Cl2N3O3S.ClH/c16-11-6-3-9(7-12(11)17)14(22)19-15(23)20(24)10-4-1-8(2-5-10)13(18)21;/h1-7,24H,(H2,18,21)(H,19,22,23);1H. The number of primary amides is 1. The maximum absolute atomic E-state index is 12.1. The molecule has 2 aromatic rings. The summed E-state index contributed by atoms with van der Waals surface area (Å²) in [5, 5.41) is 2.65. The Morgan fingerprint density at radius 3 is 2.04 bits per heavy atom. The van der Waals surface area contributed by atoms with Gasteiger partial charge in [0.05, 0.1) is 15.7 Å². The van der Waals surface area contributed by atoms with Crippen LogP contribution in [0.1, 0.15) is 20.7 Å². The van der Waals surface area contributed by atoms with Crippen molar-refractivity contribution in [2.45, 2.75) is 0 Å². The molecule has 2 rings (SSSR count). The van der Waals surface area contributed by atoms with Crippen LogP contribution in [-0.4, -0.2) is 17.8 Å². The molecule has 2 aromatic carbocycles. The van der Waals surface area contributed by atoms with E-state index in [1.165, 1.54) is 42.5 Å². The summed E-state index contributed by atoms with van der Waals surface area (Å²) in [6.07, 6.45) is 0. The first kappa shape index (κ1) is 21.1. The van der Waals surface area contributed by atoms with E-state index in [-0.39, 0.29) is 28.6 Å². The molecule has 0 atom stereocenters. The van der Waals surface area contributed by atoms with Crippen molar-refractivity contribution in [1.82, 2.24) is 5.32 Å². The van der Waals surface area contributed by atoms with E-state index < -0.39 is 17.8 Å². The fourth-order valence-electron chi connectivity index (χ4n) is 1.74. The van der Waals surface area contributed by atoms with Crippen molar-refractivity contribution in [3.63, 3.8) is 0 Å². The third kappa shape index (κ3) is 5.27. The molecule has 0 aliphatic carbocycles. The van der Waals surface area contributed by atoms with E-state index in [4.69, 9.17) is 28.9 Å². The van der Waals surface area contributed by atoms with Gasteiger partial charge in [-0.1, -0.05) is 36.0 Å². The minimum atomic E-state index is -0.777. The largest absolute Gasteiger partial charge is 0.366 e. The van der Waals surface area contributed by atoms with Gasteiger partial charge in [0.25, 0.3) is 5.91 Å². The third-order valence-electron chi connectivity index (χ3n) is 2.99. The molecule has 0 saturated carbocycles. The number of nitrogens with one attached hydrogen (secondary N) is 1.